The summed E-state index contributed by atoms with van der Waals surface area (Å²) in [6.07, 6.45) is 4.28. The third-order valence-corrected chi connectivity index (χ3v) is 10.3. The topological polar surface area (TPSA) is 88.2 Å². The van der Waals surface area contributed by atoms with Crippen molar-refractivity contribution < 1.29 is 22.7 Å². The molecule has 1 heterocycles. The van der Waals surface area contributed by atoms with Gasteiger partial charge in [-0.15, -0.1) is 0 Å². The van der Waals surface area contributed by atoms with Gasteiger partial charge in [0.25, 0.3) is 0 Å². The number of rotatable bonds is 10. The van der Waals surface area contributed by atoms with Gasteiger partial charge in [0.05, 0.1) is 18.1 Å². The van der Waals surface area contributed by atoms with Gasteiger partial charge in [0.1, 0.15) is 12.4 Å². The molecule has 2 aliphatic rings. The molecule has 0 radical (unpaired) electrons. The number of nitrogens with one attached hydrogen (secondary N) is 1. The molecule has 2 atom stereocenters. The zero-order valence-electron chi connectivity index (χ0n) is 23.9. The van der Waals surface area contributed by atoms with Crippen molar-refractivity contribution in [3.05, 3.63) is 59.2 Å². The quantitative estimate of drug-likeness (QED) is 0.474. The fraction of sp³-hybridized carbons (Fsp3) is 0.567. The lowest BCUT2D eigenvalue weighted by atomic mass is 9.78. The van der Waals surface area contributed by atoms with Crippen molar-refractivity contribution in [1.29, 1.82) is 0 Å². The van der Waals surface area contributed by atoms with E-state index in [2.05, 4.69) is 54.6 Å². The van der Waals surface area contributed by atoms with Gasteiger partial charge >= 0.3 is 0 Å². The molecule has 0 bridgehead atoms. The number of nitrogens with zero attached hydrogens (tertiary/aromatic N) is 2. The van der Waals surface area contributed by atoms with Gasteiger partial charge < -0.3 is 19.7 Å². The van der Waals surface area contributed by atoms with Crippen molar-refractivity contribution in [2.24, 2.45) is 5.92 Å². The molecular weight excluding hydrogens is 514 g/mol. The molecule has 2 aromatic rings. The lowest BCUT2D eigenvalue weighted by molar-refractivity contribution is -0.128. The molecule has 2 aromatic carbocycles. The second-order valence-corrected chi connectivity index (χ2v) is 13.0. The highest BCUT2D eigenvalue weighted by Gasteiger charge is 2.35. The SMILES string of the molecule is COc1cc(C)c(S(=O)(=O)N2CCC(OCC(=O)NC3CCC(C(c4ccccc4)N(C)C)CC3)C2)c(C)c1. The molecule has 1 saturated carbocycles. The summed E-state index contributed by atoms with van der Waals surface area (Å²) >= 11 is 0. The lowest BCUT2D eigenvalue weighted by Crippen LogP contribution is -2.42. The number of hydrogen-bond acceptors (Lipinski definition) is 6. The van der Waals surface area contributed by atoms with E-state index in [1.54, 1.807) is 33.1 Å². The number of benzene rings is 2. The van der Waals surface area contributed by atoms with Gasteiger partial charge in [0.2, 0.25) is 15.9 Å². The third-order valence-electron chi connectivity index (χ3n) is 8.11. The highest BCUT2D eigenvalue weighted by Crippen LogP contribution is 2.37. The van der Waals surface area contributed by atoms with Crippen LogP contribution in [-0.2, 0) is 19.6 Å². The Morgan fingerprint density at radius 1 is 1.05 bits per heavy atom. The van der Waals surface area contributed by atoms with Crippen molar-refractivity contribution in [2.45, 2.75) is 69.0 Å². The highest BCUT2D eigenvalue weighted by molar-refractivity contribution is 7.89. The minimum Gasteiger partial charge on any atom is -0.497 e. The number of carbonyl (C=O) groups excluding carboxylic acids is 1. The van der Waals surface area contributed by atoms with Gasteiger partial charge in [-0.05, 0) is 94.8 Å². The molecule has 39 heavy (non-hydrogen) atoms. The second-order valence-electron chi connectivity index (χ2n) is 11.2. The first-order chi connectivity index (χ1) is 18.6. The van der Waals surface area contributed by atoms with Crippen LogP contribution in [0.2, 0.25) is 0 Å². The first-order valence-corrected chi connectivity index (χ1v) is 15.3. The minimum absolute atomic E-state index is 0.0522. The number of aryl methyl sites for hydroxylation is 2. The fourth-order valence-corrected chi connectivity index (χ4v) is 8.20. The standard InChI is InChI=1S/C30H43N3O5S/c1-21-17-27(37-5)18-22(2)30(21)39(35,36)33-16-15-26(19-33)38-20-28(34)31-25-13-11-24(12-14-25)29(32(3)4)23-9-7-6-8-10-23/h6-10,17-18,24-26,29H,11-16,19-20H2,1-5H3,(H,31,34). The van der Waals surface area contributed by atoms with Crippen LogP contribution in [0.3, 0.4) is 0 Å². The Bertz CT molecular complexity index is 1200. The van der Waals surface area contributed by atoms with E-state index in [1.165, 1.54) is 9.87 Å². The van der Waals surface area contributed by atoms with E-state index in [4.69, 9.17) is 9.47 Å². The molecule has 2 unspecified atom stereocenters. The number of ether oxygens (including phenoxy) is 2. The lowest BCUT2D eigenvalue weighted by Gasteiger charge is -2.37. The van der Waals surface area contributed by atoms with Gasteiger partial charge in [-0.25, -0.2) is 8.42 Å². The van der Waals surface area contributed by atoms with Crippen molar-refractivity contribution in [2.75, 3.05) is 40.9 Å². The van der Waals surface area contributed by atoms with Gasteiger partial charge in [-0.1, -0.05) is 30.3 Å². The van der Waals surface area contributed by atoms with Crippen molar-refractivity contribution in [3.63, 3.8) is 0 Å². The molecule has 9 heteroatoms. The summed E-state index contributed by atoms with van der Waals surface area (Å²) in [6, 6.07) is 14.6. The van der Waals surface area contributed by atoms with E-state index in [0.717, 1.165) is 25.7 Å². The first-order valence-electron chi connectivity index (χ1n) is 13.9. The Balaban J connectivity index is 1.24. The fourth-order valence-electron chi connectivity index (χ4n) is 6.30. The second kappa shape index (κ2) is 12.8. The zero-order valence-corrected chi connectivity index (χ0v) is 24.7. The van der Waals surface area contributed by atoms with Crippen LogP contribution in [0.4, 0.5) is 0 Å². The summed E-state index contributed by atoms with van der Waals surface area (Å²) in [5.74, 6) is 1.06. The Morgan fingerprint density at radius 3 is 2.28 bits per heavy atom. The third kappa shape index (κ3) is 7.01. The Hall–Kier alpha value is -2.46. The molecule has 0 spiro atoms. The van der Waals surface area contributed by atoms with Crippen LogP contribution in [0, 0.1) is 19.8 Å². The maximum absolute atomic E-state index is 13.4. The van der Waals surface area contributed by atoms with Crippen LogP contribution >= 0.6 is 0 Å². The summed E-state index contributed by atoms with van der Waals surface area (Å²) in [5, 5.41) is 3.14. The largest absolute Gasteiger partial charge is 0.497 e. The van der Waals surface area contributed by atoms with Gasteiger partial charge in [-0.2, -0.15) is 4.31 Å². The van der Waals surface area contributed by atoms with Gasteiger partial charge in [-0.3, -0.25) is 4.79 Å². The smallest absolute Gasteiger partial charge is 0.246 e. The maximum Gasteiger partial charge on any atom is 0.246 e. The molecule has 8 nitrogen and oxygen atoms in total. The van der Waals surface area contributed by atoms with Crippen LogP contribution in [0.1, 0.15) is 54.8 Å². The monoisotopic (exact) mass is 557 g/mol. The van der Waals surface area contributed by atoms with Crippen molar-refractivity contribution in [3.8, 4) is 5.75 Å². The van der Waals surface area contributed by atoms with Crippen LogP contribution in [-0.4, -0.2) is 76.6 Å². The van der Waals surface area contributed by atoms with Gasteiger partial charge in [0.15, 0.2) is 0 Å². The number of sulfonamides is 1. The number of carbonyl (C=O) groups is 1. The molecule has 1 N–H and O–H groups in total. The Kier molecular flexibility index (Phi) is 9.69. The summed E-state index contributed by atoms with van der Waals surface area (Å²) in [7, 11) is 2.18. The zero-order chi connectivity index (χ0) is 28.2. The molecule has 0 aromatic heterocycles. The van der Waals surface area contributed by atoms with E-state index in [9.17, 15) is 13.2 Å². The first kappa shape index (κ1) is 29.5. The van der Waals surface area contributed by atoms with Gasteiger partial charge in [0, 0.05) is 25.2 Å². The molecule has 1 amide bonds. The molecule has 4 rings (SSSR count). The summed E-state index contributed by atoms with van der Waals surface area (Å²) < 4.78 is 39.4. The van der Waals surface area contributed by atoms with E-state index >= 15 is 0 Å². The van der Waals surface area contributed by atoms with Crippen molar-refractivity contribution in [1.82, 2.24) is 14.5 Å². The minimum atomic E-state index is -3.66. The predicted molar refractivity (Wildman–Crippen MR) is 152 cm³/mol. The van der Waals surface area contributed by atoms with Crippen LogP contribution in [0.15, 0.2) is 47.4 Å². The highest BCUT2D eigenvalue weighted by atomic mass is 32.2. The molecule has 1 saturated heterocycles. The Morgan fingerprint density at radius 2 is 1.69 bits per heavy atom. The van der Waals surface area contributed by atoms with E-state index < -0.39 is 10.0 Å². The summed E-state index contributed by atoms with van der Waals surface area (Å²) in [6.45, 7) is 4.14. The van der Waals surface area contributed by atoms with Crippen LogP contribution in [0.5, 0.6) is 5.75 Å². The molecule has 1 aliphatic carbocycles. The average Bonchev–Trinajstić information content (AvgIpc) is 3.39. The van der Waals surface area contributed by atoms with Crippen LogP contribution in [0.25, 0.3) is 0 Å². The predicted octanol–water partition coefficient (Wildman–Crippen LogP) is 4.07. The summed E-state index contributed by atoms with van der Waals surface area (Å²) in [4.78, 5) is 15.3. The summed E-state index contributed by atoms with van der Waals surface area (Å²) in [5.41, 5.74) is 2.66. The average molecular weight is 558 g/mol. The maximum atomic E-state index is 13.4. The molecule has 1 aliphatic heterocycles. The molecule has 214 valence electrons. The van der Waals surface area contributed by atoms with E-state index in [0.29, 0.717) is 46.7 Å². The number of hydrogen-bond donors (Lipinski definition) is 1. The molecular formula is C30H43N3O5S. The van der Waals surface area contributed by atoms with Crippen LogP contribution < -0.4 is 10.1 Å². The number of amides is 1. The molecule has 2 fully saturated rings. The number of methoxy groups -OCH3 is 1. The van der Waals surface area contributed by atoms with E-state index in [-0.39, 0.29) is 31.2 Å². The normalized spacial score (nSPS) is 23.1. The Labute approximate surface area is 233 Å². The van der Waals surface area contributed by atoms with Crippen molar-refractivity contribution >= 4 is 15.9 Å². The van der Waals surface area contributed by atoms with E-state index in [1.807, 2.05) is 0 Å².